The van der Waals surface area contributed by atoms with E-state index in [4.69, 9.17) is 16.3 Å². The van der Waals surface area contributed by atoms with E-state index in [9.17, 15) is 13.2 Å². The molecule has 28 heavy (non-hydrogen) atoms. The first-order valence-corrected chi connectivity index (χ1v) is 11.1. The number of aryl methyl sites for hydroxylation is 1. The van der Waals surface area contributed by atoms with Crippen LogP contribution in [0.1, 0.15) is 18.9 Å². The van der Waals surface area contributed by atoms with E-state index in [0.29, 0.717) is 17.3 Å². The molecule has 6 nitrogen and oxygen atoms in total. The fourth-order valence-corrected chi connectivity index (χ4v) is 4.25. The van der Waals surface area contributed by atoms with Crippen molar-refractivity contribution in [2.45, 2.75) is 25.8 Å². The third kappa shape index (κ3) is 6.14. The van der Waals surface area contributed by atoms with Gasteiger partial charge in [-0.1, -0.05) is 29.8 Å². The lowest BCUT2D eigenvalue weighted by Crippen LogP contribution is -2.48. The monoisotopic (exact) mass is 424 g/mol. The molecule has 0 bridgehead atoms. The summed E-state index contributed by atoms with van der Waals surface area (Å²) in [4.78, 5) is 12.5. The Morgan fingerprint density at radius 3 is 2.57 bits per heavy atom. The normalized spacial score (nSPS) is 12.3. The average molecular weight is 425 g/mol. The first-order valence-electron chi connectivity index (χ1n) is 8.88. The zero-order chi connectivity index (χ0) is 20.7. The molecule has 0 saturated heterocycles. The fraction of sp³-hybridized carbons (Fsp3) is 0.350. The second-order valence-corrected chi connectivity index (χ2v) is 8.76. The summed E-state index contributed by atoms with van der Waals surface area (Å²) in [6.07, 6.45) is 2.57. The SMILES string of the molecule is COc1cccc(CCCNC(=O)[C@H](C)N(c2cccc(Cl)c2)S(C)(=O)=O)c1. The number of nitrogens with one attached hydrogen (secondary N) is 1. The number of carbonyl (C=O) groups is 1. The fourth-order valence-electron chi connectivity index (χ4n) is 2.90. The van der Waals surface area contributed by atoms with Gasteiger partial charge in [-0.25, -0.2) is 8.42 Å². The molecule has 0 heterocycles. The molecule has 0 fully saturated rings. The Balaban J connectivity index is 1.97. The molecule has 0 aliphatic heterocycles. The summed E-state index contributed by atoms with van der Waals surface area (Å²) in [5.74, 6) is 0.427. The Bertz CT molecular complexity index is 918. The molecule has 1 atom stereocenters. The molecule has 2 rings (SSSR count). The van der Waals surface area contributed by atoms with Crippen LogP contribution in [0.5, 0.6) is 5.75 Å². The van der Waals surface area contributed by atoms with Crippen LogP contribution in [0.3, 0.4) is 0 Å². The van der Waals surface area contributed by atoms with E-state index in [-0.39, 0.29) is 5.91 Å². The molecule has 2 aromatic carbocycles. The van der Waals surface area contributed by atoms with Crippen molar-refractivity contribution >= 4 is 33.2 Å². The summed E-state index contributed by atoms with van der Waals surface area (Å²) >= 11 is 5.97. The number of amides is 1. The highest BCUT2D eigenvalue weighted by atomic mass is 35.5. The van der Waals surface area contributed by atoms with Crippen LogP contribution in [0.25, 0.3) is 0 Å². The maximum absolute atomic E-state index is 12.5. The molecule has 0 saturated carbocycles. The third-order valence-electron chi connectivity index (χ3n) is 4.23. The van der Waals surface area contributed by atoms with Gasteiger partial charge in [-0.05, 0) is 55.7 Å². The Labute approximate surface area is 171 Å². The van der Waals surface area contributed by atoms with Crippen molar-refractivity contribution in [2.24, 2.45) is 0 Å². The number of nitrogens with zero attached hydrogens (tertiary/aromatic N) is 1. The molecule has 0 spiro atoms. The summed E-state index contributed by atoms with van der Waals surface area (Å²) in [6.45, 7) is 1.99. The van der Waals surface area contributed by atoms with Gasteiger partial charge in [0, 0.05) is 11.6 Å². The number of sulfonamides is 1. The van der Waals surface area contributed by atoms with E-state index >= 15 is 0 Å². The Kier molecular flexibility index (Phi) is 7.71. The van der Waals surface area contributed by atoms with Crippen molar-refractivity contribution in [3.05, 3.63) is 59.1 Å². The van der Waals surface area contributed by atoms with Gasteiger partial charge in [0.05, 0.1) is 19.1 Å². The standard InChI is InChI=1S/C20H25ClN2O4S/c1-15(23(28(3,25)26)18-10-5-9-17(21)14-18)20(24)22-12-6-8-16-7-4-11-19(13-16)27-2/h4-5,7,9-11,13-15H,6,8,12H2,1-3H3,(H,22,24)/t15-/m0/s1. The Morgan fingerprint density at radius 2 is 1.93 bits per heavy atom. The summed E-state index contributed by atoms with van der Waals surface area (Å²) in [7, 11) is -2.04. The molecule has 152 valence electrons. The molecule has 1 N–H and O–H groups in total. The summed E-state index contributed by atoms with van der Waals surface area (Å²) in [5, 5.41) is 3.21. The Hall–Kier alpha value is -2.25. The second-order valence-electron chi connectivity index (χ2n) is 6.46. The van der Waals surface area contributed by atoms with Crippen molar-refractivity contribution < 1.29 is 17.9 Å². The zero-order valence-corrected chi connectivity index (χ0v) is 17.8. The number of hydrogen-bond acceptors (Lipinski definition) is 4. The van der Waals surface area contributed by atoms with Gasteiger partial charge in [0.1, 0.15) is 11.8 Å². The van der Waals surface area contributed by atoms with Crippen molar-refractivity contribution in [3.63, 3.8) is 0 Å². The predicted molar refractivity (Wildman–Crippen MR) is 113 cm³/mol. The number of halogens is 1. The number of carbonyl (C=O) groups excluding carboxylic acids is 1. The van der Waals surface area contributed by atoms with E-state index in [2.05, 4.69) is 5.32 Å². The maximum atomic E-state index is 12.5. The van der Waals surface area contributed by atoms with Gasteiger partial charge >= 0.3 is 0 Å². The lowest BCUT2D eigenvalue weighted by Gasteiger charge is -2.28. The minimum Gasteiger partial charge on any atom is -0.497 e. The topological polar surface area (TPSA) is 75.7 Å². The summed E-state index contributed by atoms with van der Waals surface area (Å²) in [6, 6.07) is 13.3. The minimum absolute atomic E-state index is 0.356. The lowest BCUT2D eigenvalue weighted by atomic mass is 10.1. The number of methoxy groups -OCH3 is 1. The van der Waals surface area contributed by atoms with Crippen molar-refractivity contribution in [2.75, 3.05) is 24.2 Å². The molecular formula is C20H25ClN2O4S. The summed E-state index contributed by atoms with van der Waals surface area (Å²) in [5.41, 5.74) is 1.47. The van der Waals surface area contributed by atoms with Gasteiger partial charge in [-0.15, -0.1) is 0 Å². The van der Waals surface area contributed by atoms with Crippen LogP contribution in [-0.2, 0) is 21.2 Å². The first-order chi connectivity index (χ1) is 13.2. The maximum Gasteiger partial charge on any atom is 0.243 e. The van der Waals surface area contributed by atoms with E-state index in [1.165, 1.54) is 6.07 Å². The third-order valence-corrected chi connectivity index (χ3v) is 5.70. The number of hydrogen-bond donors (Lipinski definition) is 1. The van der Waals surface area contributed by atoms with Crippen LogP contribution in [0.15, 0.2) is 48.5 Å². The van der Waals surface area contributed by atoms with Gasteiger partial charge in [0.15, 0.2) is 0 Å². The van der Waals surface area contributed by atoms with Crippen LogP contribution in [0.4, 0.5) is 5.69 Å². The first kappa shape index (κ1) is 22.0. The molecule has 1 amide bonds. The number of ether oxygens (including phenoxy) is 1. The van der Waals surface area contributed by atoms with Crippen LogP contribution in [0, 0.1) is 0 Å². The molecule has 0 aliphatic carbocycles. The highest BCUT2D eigenvalue weighted by molar-refractivity contribution is 7.92. The van der Waals surface area contributed by atoms with Gasteiger partial charge in [0.25, 0.3) is 0 Å². The number of benzene rings is 2. The zero-order valence-electron chi connectivity index (χ0n) is 16.2. The van der Waals surface area contributed by atoms with Crippen molar-refractivity contribution in [1.82, 2.24) is 5.32 Å². The molecule has 0 radical (unpaired) electrons. The number of anilines is 1. The van der Waals surface area contributed by atoms with Gasteiger partial charge in [-0.3, -0.25) is 9.10 Å². The van der Waals surface area contributed by atoms with E-state index < -0.39 is 16.1 Å². The van der Waals surface area contributed by atoms with E-state index in [0.717, 1.165) is 34.7 Å². The minimum atomic E-state index is -3.66. The molecule has 0 aromatic heterocycles. The number of rotatable bonds is 9. The quantitative estimate of drug-likeness (QED) is 0.627. The van der Waals surface area contributed by atoms with Crippen molar-refractivity contribution in [3.8, 4) is 5.75 Å². The van der Waals surface area contributed by atoms with Crippen LogP contribution in [-0.4, -0.2) is 40.3 Å². The average Bonchev–Trinajstić information content (AvgIpc) is 2.64. The van der Waals surface area contributed by atoms with Gasteiger partial charge in [-0.2, -0.15) is 0 Å². The van der Waals surface area contributed by atoms with E-state index in [1.807, 2.05) is 24.3 Å². The largest absolute Gasteiger partial charge is 0.497 e. The van der Waals surface area contributed by atoms with Crippen LogP contribution >= 0.6 is 11.6 Å². The van der Waals surface area contributed by atoms with Gasteiger partial charge < -0.3 is 10.1 Å². The second kappa shape index (κ2) is 9.80. The smallest absolute Gasteiger partial charge is 0.243 e. The Morgan fingerprint density at radius 1 is 1.21 bits per heavy atom. The lowest BCUT2D eigenvalue weighted by molar-refractivity contribution is -0.121. The molecule has 2 aromatic rings. The van der Waals surface area contributed by atoms with Crippen molar-refractivity contribution in [1.29, 1.82) is 0 Å². The van der Waals surface area contributed by atoms with Crippen LogP contribution < -0.4 is 14.4 Å². The highest BCUT2D eigenvalue weighted by Gasteiger charge is 2.28. The van der Waals surface area contributed by atoms with Crippen LogP contribution in [0.2, 0.25) is 5.02 Å². The highest BCUT2D eigenvalue weighted by Crippen LogP contribution is 2.24. The molecule has 0 aliphatic rings. The van der Waals surface area contributed by atoms with Gasteiger partial charge in [0.2, 0.25) is 15.9 Å². The molecule has 8 heteroatoms. The van der Waals surface area contributed by atoms with E-state index in [1.54, 1.807) is 32.2 Å². The predicted octanol–water partition coefficient (Wildman–Crippen LogP) is 3.25. The molecule has 0 unspecified atom stereocenters. The summed E-state index contributed by atoms with van der Waals surface area (Å²) < 4.78 is 30.8. The molecular weight excluding hydrogens is 400 g/mol.